The van der Waals surface area contributed by atoms with Gasteiger partial charge in [0.1, 0.15) is 23.2 Å². The second-order valence-electron chi connectivity index (χ2n) is 9.09. The number of methoxy groups -OCH3 is 1. The molecule has 0 fully saturated rings. The van der Waals surface area contributed by atoms with E-state index in [4.69, 9.17) is 9.72 Å². The number of carbonyl (C=O) groups is 1. The zero-order chi connectivity index (χ0) is 23.4. The van der Waals surface area contributed by atoms with Crippen LogP contribution in [0, 0.1) is 0 Å². The molecule has 2 aliphatic heterocycles. The van der Waals surface area contributed by atoms with Gasteiger partial charge in [-0.2, -0.15) is 0 Å². The summed E-state index contributed by atoms with van der Waals surface area (Å²) >= 11 is 0. The average molecular weight is 452 g/mol. The number of benzene rings is 3. The van der Waals surface area contributed by atoms with E-state index in [0.29, 0.717) is 29.7 Å². The zero-order valence-electron chi connectivity index (χ0n) is 19.2. The molecule has 3 heterocycles. The minimum absolute atomic E-state index is 0.0466. The van der Waals surface area contributed by atoms with Gasteiger partial charge in [0.25, 0.3) is 5.56 Å². The number of hydrogen-bond donors (Lipinski definition) is 0. The van der Waals surface area contributed by atoms with Gasteiger partial charge in [-0.15, -0.1) is 0 Å². The lowest BCUT2D eigenvalue weighted by Crippen LogP contribution is -2.63. The molecule has 0 bridgehead atoms. The molecule has 1 amide bonds. The van der Waals surface area contributed by atoms with E-state index in [1.807, 2.05) is 66.4 Å². The number of aromatic nitrogens is 2. The van der Waals surface area contributed by atoms with E-state index in [2.05, 4.69) is 12.1 Å². The summed E-state index contributed by atoms with van der Waals surface area (Å²) in [6.07, 6.45) is 1.29. The van der Waals surface area contributed by atoms with Crippen LogP contribution < -0.4 is 10.3 Å². The molecule has 0 saturated heterocycles. The smallest absolute Gasteiger partial charge is 0.262 e. The quantitative estimate of drug-likeness (QED) is 0.475. The third-order valence-corrected chi connectivity index (χ3v) is 7.34. The molecule has 170 valence electrons. The fourth-order valence-corrected chi connectivity index (χ4v) is 5.69. The van der Waals surface area contributed by atoms with Gasteiger partial charge in [0.05, 0.1) is 18.0 Å². The maximum Gasteiger partial charge on any atom is 0.262 e. The highest BCUT2D eigenvalue weighted by atomic mass is 16.5. The highest BCUT2D eigenvalue weighted by molar-refractivity contribution is 5.85. The minimum Gasteiger partial charge on any atom is -0.497 e. The molecular formula is C28H25N3O3. The van der Waals surface area contributed by atoms with Crippen molar-refractivity contribution in [3.63, 3.8) is 0 Å². The molecule has 0 spiro atoms. The average Bonchev–Trinajstić information content (AvgIpc) is 2.88. The van der Waals surface area contributed by atoms with Crippen LogP contribution in [0.15, 0.2) is 77.6 Å². The Labute approximate surface area is 197 Å². The first kappa shape index (κ1) is 20.7. The summed E-state index contributed by atoms with van der Waals surface area (Å²) in [6, 6.07) is 22.9. The predicted molar refractivity (Wildman–Crippen MR) is 130 cm³/mol. The van der Waals surface area contributed by atoms with Crippen molar-refractivity contribution in [3.05, 3.63) is 106 Å². The second kappa shape index (κ2) is 7.55. The Morgan fingerprint density at radius 1 is 1.00 bits per heavy atom. The van der Waals surface area contributed by atoms with Gasteiger partial charge in [-0.1, -0.05) is 48.5 Å². The van der Waals surface area contributed by atoms with Crippen LogP contribution in [0.2, 0.25) is 0 Å². The summed E-state index contributed by atoms with van der Waals surface area (Å²) in [5, 5.41) is 0.531. The third kappa shape index (κ3) is 2.78. The second-order valence-corrected chi connectivity index (χ2v) is 9.09. The van der Waals surface area contributed by atoms with Gasteiger partial charge in [0.15, 0.2) is 0 Å². The van der Waals surface area contributed by atoms with Gasteiger partial charge in [-0.25, -0.2) is 4.98 Å². The standard InChI is InChI=1S/C28H25N3O3/c1-18-25(32)30-16-15-20-7-3-5-9-23(20)28(30,17-19-11-13-21(34-2)14-12-19)27-29-24-10-6-4-8-22(24)26(33)31(18)27/h3-14,18H,15-17H2,1-2H3/t18-,28+/m0/s1. The summed E-state index contributed by atoms with van der Waals surface area (Å²) in [7, 11) is 1.64. The van der Waals surface area contributed by atoms with Gasteiger partial charge in [-0.3, -0.25) is 14.2 Å². The minimum atomic E-state index is -0.879. The highest BCUT2D eigenvalue weighted by Gasteiger charge is 2.54. The molecule has 2 atom stereocenters. The summed E-state index contributed by atoms with van der Waals surface area (Å²) in [5.74, 6) is 1.36. The van der Waals surface area contributed by atoms with Crippen LogP contribution in [0.4, 0.5) is 0 Å². The largest absolute Gasteiger partial charge is 0.497 e. The van der Waals surface area contributed by atoms with Crippen molar-refractivity contribution in [3.8, 4) is 5.75 Å². The number of rotatable bonds is 3. The summed E-state index contributed by atoms with van der Waals surface area (Å²) in [6.45, 7) is 2.39. The molecule has 3 aromatic carbocycles. The monoisotopic (exact) mass is 451 g/mol. The molecule has 0 aliphatic carbocycles. The van der Waals surface area contributed by atoms with Crippen molar-refractivity contribution in [1.82, 2.24) is 14.5 Å². The Balaban J connectivity index is 1.71. The van der Waals surface area contributed by atoms with Gasteiger partial charge in [0.2, 0.25) is 5.91 Å². The molecule has 4 aromatic rings. The number of amides is 1. The number of nitrogens with zero attached hydrogens (tertiary/aromatic N) is 3. The van der Waals surface area contributed by atoms with Crippen LogP contribution in [0.25, 0.3) is 10.9 Å². The van der Waals surface area contributed by atoms with Crippen LogP contribution in [-0.2, 0) is 23.2 Å². The van der Waals surface area contributed by atoms with Gasteiger partial charge in [0, 0.05) is 13.0 Å². The molecule has 6 heteroatoms. The maximum atomic E-state index is 13.8. The van der Waals surface area contributed by atoms with Crippen molar-refractivity contribution in [2.24, 2.45) is 0 Å². The van der Waals surface area contributed by atoms with Crippen LogP contribution in [-0.4, -0.2) is 34.0 Å². The molecule has 0 radical (unpaired) electrons. The van der Waals surface area contributed by atoms with Crippen molar-refractivity contribution in [1.29, 1.82) is 0 Å². The zero-order valence-corrected chi connectivity index (χ0v) is 19.2. The SMILES string of the molecule is COc1ccc(C[C@]23c4ccccc4CCN2C(=O)[C@H](C)n2c3nc3ccccc3c2=O)cc1. The molecule has 0 saturated carbocycles. The third-order valence-electron chi connectivity index (χ3n) is 7.34. The Morgan fingerprint density at radius 2 is 1.74 bits per heavy atom. The number of fused-ring (bicyclic) bond motifs is 6. The van der Waals surface area contributed by atoms with Crippen molar-refractivity contribution in [2.75, 3.05) is 13.7 Å². The van der Waals surface area contributed by atoms with E-state index in [1.54, 1.807) is 17.7 Å². The van der Waals surface area contributed by atoms with Crippen LogP contribution in [0.5, 0.6) is 5.75 Å². The van der Waals surface area contributed by atoms with Crippen molar-refractivity contribution >= 4 is 16.8 Å². The normalized spacial score (nSPS) is 21.1. The number of para-hydroxylation sites is 1. The number of carbonyl (C=O) groups excluding carboxylic acids is 1. The molecule has 6 rings (SSSR count). The van der Waals surface area contributed by atoms with E-state index in [-0.39, 0.29) is 11.5 Å². The van der Waals surface area contributed by atoms with E-state index in [9.17, 15) is 9.59 Å². The Hall–Kier alpha value is -3.93. The fourth-order valence-electron chi connectivity index (χ4n) is 5.69. The topological polar surface area (TPSA) is 64.4 Å². The van der Waals surface area contributed by atoms with E-state index in [0.717, 1.165) is 23.3 Å². The van der Waals surface area contributed by atoms with Gasteiger partial charge < -0.3 is 9.64 Å². The summed E-state index contributed by atoms with van der Waals surface area (Å²) in [4.78, 5) is 34.6. The predicted octanol–water partition coefficient (Wildman–Crippen LogP) is 3.85. The first-order chi connectivity index (χ1) is 16.5. The highest BCUT2D eigenvalue weighted by Crippen LogP contribution is 2.47. The van der Waals surface area contributed by atoms with E-state index in [1.165, 1.54) is 5.56 Å². The maximum absolute atomic E-state index is 13.8. The van der Waals surface area contributed by atoms with Crippen molar-refractivity contribution in [2.45, 2.75) is 31.3 Å². The lowest BCUT2D eigenvalue weighted by atomic mass is 9.74. The van der Waals surface area contributed by atoms with Gasteiger partial charge >= 0.3 is 0 Å². The van der Waals surface area contributed by atoms with Crippen LogP contribution in [0.3, 0.4) is 0 Å². The number of ether oxygens (including phenoxy) is 1. The molecular weight excluding hydrogens is 426 g/mol. The fraction of sp³-hybridized carbons (Fsp3) is 0.250. The van der Waals surface area contributed by atoms with Crippen LogP contribution in [0.1, 0.15) is 35.5 Å². The molecule has 1 aromatic heterocycles. The molecule has 0 N–H and O–H groups in total. The molecule has 6 nitrogen and oxygen atoms in total. The van der Waals surface area contributed by atoms with Crippen molar-refractivity contribution < 1.29 is 9.53 Å². The van der Waals surface area contributed by atoms with Gasteiger partial charge in [-0.05, 0) is 54.3 Å². The van der Waals surface area contributed by atoms with E-state index < -0.39 is 11.6 Å². The lowest BCUT2D eigenvalue weighted by molar-refractivity contribution is -0.144. The van der Waals surface area contributed by atoms with E-state index >= 15 is 0 Å². The first-order valence-corrected chi connectivity index (χ1v) is 11.6. The Morgan fingerprint density at radius 3 is 2.53 bits per heavy atom. The summed E-state index contributed by atoms with van der Waals surface area (Å²) < 4.78 is 6.98. The lowest BCUT2D eigenvalue weighted by Gasteiger charge is -2.52. The molecule has 2 aliphatic rings. The Kier molecular flexibility index (Phi) is 4.59. The Bertz CT molecular complexity index is 1490. The molecule has 34 heavy (non-hydrogen) atoms. The first-order valence-electron chi connectivity index (χ1n) is 11.6. The van der Waals surface area contributed by atoms with Crippen LogP contribution >= 0.6 is 0 Å². The molecule has 0 unspecified atom stereocenters. The number of hydrogen-bond acceptors (Lipinski definition) is 4. The summed E-state index contributed by atoms with van der Waals surface area (Å²) in [5.41, 5.74) is 2.86.